The van der Waals surface area contributed by atoms with Crippen LogP contribution in [-0.4, -0.2) is 23.3 Å². The van der Waals surface area contributed by atoms with E-state index in [1.807, 2.05) is 0 Å². The second-order valence-electron chi connectivity index (χ2n) is 4.84. The van der Waals surface area contributed by atoms with Gasteiger partial charge in [0.15, 0.2) is 6.61 Å². The van der Waals surface area contributed by atoms with Crippen molar-refractivity contribution in [2.24, 2.45) is 0 Å². The molecule has 0 aliphatic heterocycles. The molecule has 0 unspecified atom stereocenters. The summed E-state index contributed by atoms with van der Waals surface area (Å²) in [7, 11) is 0. The standard InChI is InChI=1S/C17H11F2NO5/c18-12-4-7-15(19)14(9-12)16(21)10-25-17(22)8-3-11-1-5-13(6-2-11)20(23)24/h1-9H,10H2/b8-3+. The van der Waals surface area contributed by atoms with Crippen molar-refractivity contribution in [2.45, 2.75) is 0 Å². The van der Waals surface area contributed by atoms with Crippen molar-refractivity contribution in [3.8, 4) is 0 Å². The lowest BCUT2D eigenvalue weighted by Crippen LogP contribution is -2.14. The average Bonchev–Trinajstić information content (AvgIpc) is 2.60. The Balaban J connectivity index is 1.92. The van der Waals surface area contributed by atoms with E-state index in [1.165, 1.54) is 30.3 Å². The van der Waals surface area contributed by atoms with Gasteiger partial charge in [-0.3, -0.25) is 14.9 Å². The summed E-state index contributed by atoms with van der Waals surface area (Å²) < 4.78 is 31.1. The number of nitro groups is 1. The first kappa shape index (κ1) is 17.9. The van der Waals surface area contributed by atoms with E-state index in [1.54, 1.807) is 0 Å². The third kappa shape index (κ3) is 5.03. The molecule has 0 spiro atoms. The number of rotatable bonds is 6. The third-order valence-electron chi connectivity index (χ3n) is 3.09. The van der Waals surface area contributed by atoms with Crippen LogP contribution in [0.3, 0.4) is 0 Å². The molecule has 6 nitrogen and oxygen atoms in total. The summed E-state index contributed by atoms with van der Waals surface area (Å²) in [5, 5.41) is 10.5. The molecule has 0 aliphatic carbocycles. The van der Waals surface area contributed by atoms with Crippen LogP contribution in [-0.2, 0) is 9.53 Å². The first-order valence-electron chi connectivity index (χ1n) is 6.94. The first-order chi connectivity index (χ1) is 11.9. The highest BCUT2D eigenvalue weighted by Crippen LogP contribution is 2.13. The maximum atomic E-state index is 13.4. The number of ketones is 1. The predicted octanol–water partition coefficient (Wildman–Crippen LogP) is 3.31. The molecular formula is C17H11F2NO5. The highest BCUT2D eigenvalue weighted by molar-refractivity contribution is 5.99. The molecule has 0 aromatic heterocycles. The van der Waals surface area contributed by atoms with Gasteiger partial charge in [-0.05, 0) is 42.0 Å². The summed E-state index contributed by atoms with van der Waals surface area (Å²) in [6, 6.07) is 7.77. The minimum Gasteiger partial charge on any atom is -0.454 e. The molecule has 2 rings (SSSR count). The van der Waals surface area contributed by atoms with Gasteiger partial charge in [0.05, 0.1) is 10.5 Å². The fraction of sp³-hybridized carbons (Fsp3) is 0.0588. The minimum atomic E-state index is -0.913. The highest BCUT2D eigenvalue weighted by atomic mass is 19.1. The summed E-state index contributed by atoms with van der Waals surface area (Å²) in [4.78, 5) is 33.2. The first-order valence-corrected chi connectivity index (χ1v) is 6.94. The molecule has 0 atom stereocenters. The molecule has 25 heavy (non-hydrogen) atoms. The molecule has 0 saturated carbocycles. The second-order valence-corrected chi connectivity index (χ2v) is 4.84. The number of nitrogens with zero attached hydrogens (tertiary/aromatic N) is 1. The van der Waals surface area contributed by atoms with Crippen molar-refractivity contribution in [1.82, 2.24) is 0 Å². The van der Waals surface area contributed by atoms with Crippen molar-refractivity contribution in [1.29, 1.82) is 0 Å². The quantitative estimate of drug-likeness (QED) is 0.263. The van der Waals surface area contributed by atoms with Crippen LogP contribution in [0.2, 0.25) is 0 Å². The summed E-state index contributed by atoms with van der Waals surface area (Å²) in [5.41, 5.74) is -0.0976. The average molecular weight is 347 g/mol. The number of hydrogen-bond acceptors (Lipinski definition) is 5. The Morgan fingerprint density at radius 2 is 1.80 bits per heavy atom. The van der Waals surface area contributed by atoms with Gasteiger partial charge in [0, 0.05) is 18.2 Å². The lowest BCUT2D eigenvalue weighted by atomic mass is 10.1. The van der Waals surface area contributed by atoms with Gasteiger partial charge in [-0.25, -0.2) is 13.6 Å². The molecule has 0 bridgehead atoms. The maximum absolute atomic E-state index is 13.4. The van der Waals surface area contributed by atoms with Crippen LogP contribution in [0.4, 0.5) is 14.5 Å². The molecular weight excluding hydrogens is 336 g/mol. The largest absolute Gasteiger partial charge is 0.454 e. The van der Waals surface area contributed by atoms with Crippen molar-refractivity contribution >= 4 is 23.5 Å². The molecule has 2 aromatic rings. The Hall–Kier alpha value is -3.42. The Morgan fingerprint density at radius 1 is 1.12 bits per heavy atom. The van der Waals surface area contributed by atoms with Gasteiger partial charge in [-0.1, -0.05) is 0 Å². The lowest BCUT2D eigenvalue weighted by molar-refractivity contribution is -0.384. The Morgan fingerprint density at radius 3 is 2.44 bits per heavy atom. The molecule has 0 radical (unpaired) electrons. The van der Waals surface area contributed by atoms with Crippen LogP contribution in [0.25, 0.3) is 6.08 Å². The zero-order valence-electron chi connectivity index (χ0n) is 12.6. The Kier molecular flexibility index (Phi) is 5.67. The fourth-order valence-electron chi connectivity index (χ4n) is 1.85. The number of hydrogen-bond donors (Lipinski definition) is 0. The van der Waals surface area contributed by atoms with Gasteiger partial charge in [0.2, 0.25) is 5.78 Å². The van der Waals surface area contributed by atoms with Crippen molar-refractivity contribution < 1.29 is 28.0 Å². The SMILES string of the molecule is O=C(/C=C/c1ccc([N+](=O)[O-])cc1)OCC(=O)c1cc(F)ccc1F. The molecule has 128 valence electrons. The second kappa shape index (κ2) is 7.91. The predicted molar refractivity (Wildman–Crippen MR) is 83.8 cm³/mol. The van der Waals surface area contributed by atoms with Crippen LogP contribution < -0.4 is 0 Å². The topological polar surface area (TPSA) is 86.5 Å². The van der Waals surface area contributed by atoms with E-state index in [-0.39, 0.29) is 5.69 Å². The van der Waals surface area contributed by atoms with Crippen LogP contribution in [0.5, 0.6) is 0 Å². The van der Waals surface area contributed by atoms with Gasteiger partial charge in [0.25, 0.3) is 5.69 Å². The van der Waals surface area contributed by atoms with E-state index in [0.29, 0.717) is 5.56 Å². The zero-order valence-corrected chi connectivity index (χ0v) is 12.6. The molecule has 2 aromatic carbocycles. The molecule has 0 saturated heterocycles. The van der Waals surface area contributed by atoms with Crippen LogP contribution in [0, 0.1) is 21.7 Å². The molecule has 0 aliphatic rings. The lowest BCUT2D eigenvalue weighted by Gasteiger charge is -2.03. The molecule has 8 heteroatoms. The van der Waals surface area contributed by atoms with Crippen LogP contribution in [0.1, 0.15) is 15.9 Å². The number of non-ortho nitro benzene ring substituents is 1. The molecule has 0 fully saturated rings. The fourth-order valence-corrected chi connectivity index (χ4v) is 1.85. The molecule has 0 heterocycles. The number of carbonyl (C=O) groups excluding carboxylic acids is 2. The number of Topliss-reactive ketones (excluding diaryl/α,β-unsaturated/α-hetero) is 1. The minimum absolute atomic E-state index is 0.0950. The highest BCUT2D eigenvalue weighted by Gasteiger charge is 2.14. The van der Waals surface area contributed by atoms with Gasteiger partial charge in [-0.15, -0.1) is 0 Å². The van der Waals surface area contributed by atoms with Gasteiger partial charge in [-0.2, -0.15) is 0 Å². The number of nitro benzene ring substituents is 1. The van der Waals surface area contributed by atoms with E-state index >= 15 is 0 Å². The summed E-state index contributed by atoms with van der Waals surface area (Å²) in [6.07, 6.45) is 2.34. The van der Waals surface area contributed by atoms with Crippen molar-refractivity contribution in [3.63, 3.8) is 0 Å². The smallest absolute Gasteiger partial charge is 0.331 e. The van der Waals surface area contributed by atoms with E-state index in [4.69, 9.17) is 0 Å². The van der Waals surface area contributed by atoms with Gasteiger partial charge < -0.3 is 4.74 Å². The van der Waals surface area contributed by atoms with E-state index in [0.717, 1.165) is 24.3 Å². The van der Waals surface area contributed by atoms with Gasteiger partial charge in [0.1, 0.15) is 11.6 Å². The number of carbonyl (C=O) groups is 2. The summed E-state index contributed by atoms with van der Waals surface area (Å²) in [5.74, 6) is -3.45. The summed E-state index contributed by atoms with van der Waals surface area (Å²) >= 11 is 0. The number of halogens is 2. The number of ether oxygens (including phenoxy) is 1. The monoisotopic (exact) mass is 347 g/mol. The van der Waals surface area contributed by atoms with E-state index < -0.39 is 40.5 Å². The van der Waals surface area contributed by atoms with Gasteiger partial charge >= 0.3 is 5.97 Å². The van der Waals surface area contributed by atoms with Crippen LogP contribution in [0.15, 0.2) is 48.5 Å². The number of benzene rings is 2. The zero-order chi connectivity index (χ0) is 18.4. The summed E-state index contributed by atoms with van der Waals surface area (Å²) in [6.45, 7) is -0.746. The Labute approximate surface area is 140 Å². The normalized spacial score (nSPS) is 10.6. The molecule has 0 amide bonds. The van der Waals surface area contributed by atoms with Crippen LogP contribution >= 0.6 is 0 Å². The Bertz CT molecular complexity index is 847. The number of esters is 1. The van der Waals surface area contributed by atoms with Crippen molar-refractivity contribution in [2.75, 3.05) is 6.61 Å². The maximum Gasteiger partial charge on any atom is 0.331 e. The van der Waals surface area contributed by atoms with E-state index in [2.05, 4.69) is 4.74 Å². The third-order valence-corrected chi connectivity index (χ3v) is 3.09. The van der Waals surface area contributed by atoms with E-state index in [9.17, 15) is 28.5 Å². The van der Waals surface area contributed by atoms with Crippen molar-refractivity contribution in [3.05, 3.63) is 81.4 Å². The molecule has 0 N–H and O–H groups in total.